The van der Waals surface area contributed by atoms with Gasteiger partial charge in [-0.2, -0.15) is 0 Å². The molecule has 2 aromatic heterocycles. The van der Waals surface area contributed by atoms with E-state index in [2.05, 4.69) is 15.3 Å². The number of benzene rings is 1. The van der Waals surface area contributed by atoms with E-state index in [1.165, 1.54) is 0 Å². The van der Waals surface area contributed by atoms with Crippen molar-refractivity contribution in [2.24, 2.45) is 0 Å². The monoisotopic (exact) mass is 390 g/mol. The number of fused-ring (bicyclic) bond motifs is 1. The van der Waals surface area contributed by atoms with Crippen molar-refractivity contribution in [2.75, 3.05) is 26.3 Å². The Morgan fingerprint density at radius 1 is 1.23 bits per heavy atom. The maximum atomic E-state index is 12.6. The molecule has 3 heterocycles. The van der Waals surface area contributed by atoms with Gasteiger partial charge in [-0.1, -0.05) is 11.6 Å². The molecule has 0 amide bonds. The van der Waals surface area contributed by atoms with E-state index in [-0.39, 0.29) is 5.56 Å². The van der Waals surface area contributed by atoms with E-state index in [1.54, 1.807) is 35.0 Å². The summed E-state index contributed by atoms with van der Waals surface area (Å²) in [5.41, 5.74) is 2.90. The van der Waals surface area contributed by atoms with Gasteiger partial charge in [0.15, 0.2) is 0 Å². The van der Waals surface area contributed by atoms with Crippen LogP contribution in [0.2, 0.25) is 5.02 Å². The standard InChI is InChI=1S/C18H19ClN4O2S/c1-12-18(24)23(16-8-13(19)2-3-15(16)20-12)10-17-21-14(11-26-17)9-22-4-6-25-7-5-22/h2-3,8,11H,4-7,9-10H2,1H3. The Balaban J connectivity index is 1.62. The van der Waals surface area contributed by atoms with E-state index in [4.69, 9.17) is 21.3 Å². The second-order valence-corrected chi connectivity index (χ2v) is 7.72. The van der Waals surface area contributed by atoms with Crippen LogP contribution in [0.1, 0.15) is 16.4 Å². The van der Waals surface area contributed by atoms with Crippen LogP contribution in [-0.4, -0.2) is 45.7 Å². The van der Waals surface area contributed by atoms with E-state index in [0.717, 1.165) is 54.6 Å². The first-order valence-corrected chi connectivity index (χ1v) is 9.76. The zero-order chi connectivity index (χ0) is 18.1. The molecule has 0 spiro atoms. The van der Waals surface area contributed by atoms with E-state index in [0.29, 0.717) is 17.3 Å². The molecule has 4 rings (SSSR count). The fourth-order valence-corrected chi connectivity index (χ4v) is 4.05. The van der Waals surface area contributed by atoms with Crippen molar-refractivity contribution in [1.82, 2.24) is 19.4 Å². The largest absolute Gasteiger partial charge is 0.379 e. The van der Waals surface area contributed by atoms with E-state index >= 15 is 0 Å². The average molecular weight is 391 g/mol. The molecule has 26 heavy (non-hydrogen) atoms. The molecule has 1 aromatic carbocycles. The van der Waals surface area contributed by atoms with Crippen molar-refractivity contribution < 1.29 is 4.74 Å². The van der Waals surface area contributed by atoms with Gasteiger partial charge in [0, 0.05) is 30.0 Å². The quantitative estimate of drug-likeness (QED) is 0.685. The van der Waals surface area contributed by atoms with Gasteiger partial charge in [-0.15, -0.1) is 11.3 Å². The van der Waals surface area contributed by atoms with Crippen molar-refractivity contribution in [3.63, 3.8) is 0 Å². The summed E-state index contributed by atoms with van der Waals surface area (Å²) in [4.78, 5) is 24.1. The third kappa shape index (κ3) is 3.66. The third-order valence-corrected chi connectivity index (χ3v) is 5.57. The number of aryl methyl sites for hydroxylation is 1. The van der Waals surface area contributed by atoms with Gasteiger partial charge in [0.2, 0.25) is 0 Å². The van der Waals surface area contributed by atoms with Gasteiger partial charge in [-0.05, 0) is 25.1 Å². The highest BCUT2D eigenvalue weighted by atomic mass is 35.5. The van der Waals surface area contributed by atoms with E-state index in [1.807, 2.05) is 6.07 Å². The summed E-state index contributed by atoms with van der Waals surface area (Å²) >= 11 is 7.70. The molecule has 0 bridgehead atoms. The summed E-state index contributed by atoms with van der Waals surface area (Å²) in [6.07, 6.45) is 0. The predicted octanol–water partition coefficient (Wildman–Crippen LogP) is 2.70. The van der Waals surface area contributed by atoms with Crippen LogP contribution in [-0.2, 0) is 17.8 Å². The van der Waals surface area contributed by atoms with Crippen molar-refractivity contribution in [3.8, 4) is 0 Å². The van der Waals surface area contributed by atoms with Crippen molar-refractivity contribution in [2.45, 2.75) is 20.0 Å². The topological polar surface area (TPSA) is 60.3 Å². The first-order chi connectivity index (χ1) is 12.6. The van der Waals surface area contributed by atoms with Crippen LogP contribution >= 0.6 is 22.9 Å². The molecule has 1 aliphatic heterocycles. The summed E-state index contributed by atoms with van der Waals surface area (Å²) in [5.74, 6) is 0. The van der Waals surface area contributed by atoms with Crippen LogP contribution in [0.5, 0.6) is 0 Å². The molecule has 0 unspecified atom stereocenters. The van der Waals surface area contributed by atoms with Crippen molar-refractivity contribution in [1.29, 1.82) is 0 Å². The maximum absolute atomic E-state index is 12.6. The molecule has 1 fully saturated rings. The van der Waals surface area contributed by atoms with E-state index in [9.17, 15) is 4.79 Å². The Labute approximate surface area is 160 Å². The Morgan fingerprint density at radius 2 is 2.04 bits per heavy atom. The molecular formula is C18H19ClN4O2S. The van der Waals surface area contributed by atoms with Gasteiger partial charge in [-0.25, -0.2) is 9.97 Å². The summed E-state index contributed by atoms with van der Waals surface area (Å²) < 4.78 is 7.09. The van der Waals surface area contributed by atoms with Gasteiger partial charge < -0.3 is 4.74 Å². The number of aromatic nitrogens is 3. The highest BCUT2D eigenvalue weighted by molar-refractivity contribution is 7.09. The number of hydrogen-bond donors (Lipinski definition) is 0. The lowest BCUT2D eigenvalue weighted by Crippen LogP contribution is -2.35. The van der Waals surface area contributed by atoms with Gasteiger partial charge in [-0.3, -0.25) is 14.3 Å². The smallest absolute Gasteiger partial charge is 0.272 e. The highest BCUT2D eigenvalue weighted by Gasteiger charge is 2.14. The Hall–Kier alpha value is -1.80. The van der Waals surface area contributed by atoms with Crippen LogP contribution in [0.15, 0.2) is 28.4 Å². The third-order valence-electron chi connectivity index (χ3n) is 4.45. The zero-order valence-electron chi connectivity index (χ0n) is 14.4. The lowest BCUT2D eigenvalue weighted by molar-refractivity contribution is 0.0337. The van der Waals surface area contributed by atoms with E-state index < -0.39 is 0 Å². The van der Waals surface area contributed by atoms with Gasteiger partial charge in [0.25, 0.3) is 5.56 Å². The van der Waals surface area contributed by atoms with Crippen molar-refractivity contribution >= 4 is 34.0 Å². The van der Waals surface area contributed by atoms with Crippen LogP contribution in [0.4, 0.5) is 0 Å². The molecule has 1 saturated heterocycles. The number of hydrogen-bond acceptors (Lipinski definition) is 6. The number of thiazole rings is 1. The molecule has 0 atom stereocenters. The Morgan fingerprint density at radius 3 is 2.85 bits per heavy atom. The minimum absolute atomic E-state index is 0.107. The zero-order valence-corrected chi connectivity index (χ0v) is 16.0. The molecule has 1 aliphatic rings. The molecule has 0 saturated carbocycles. The predicted molar refractivity (Wildman–Crippen MR) is 103 cm³/mol. The van der Waals surface area contributed by atoms with Crippen LogP contribution in [0.25, 0.3) is 11.0 Å². The molecule has 3 aromatic rings. The number of nitrogens with zero attached hydrogens (tertiary/aromatic N) is 4. The first-order valence-electron chi connectivity index (χ1n) is 8.50. The maximum Gasteiger partial charge on any atom is 0.272 e. The fraction of sp³-hybridized carbons (Fsp3) is 0.389. The molecule has 8 heteroatoms. The molecule has 0 N–H and O–H groups in total. The summed E-state index contributed by atoms with van der Waals surface area (Å²) in [6, 6.07) is 5.41. The molecule has 136 valence electrons. The fourth-order valence-electron chi connectivity index (χ4n) is 3.12. The Kier molecular flexibility index (Phi) is 5.04. The summed E-state index contributed by atoms with van der Waals surface area (Å²) in [5, 5.41) is 3.56. The van der Waals surface area contributed by atoms with Crippen molar-refractivity contribution in [3.05, 3.63) is 55.4 Å². The highest BCUT2D eigenvalue weighted by Crippen LogP contribution is 2.19. The molecule has 0 aliphatic carbocycles. The van der Waals surface area contributed by atoms with Crippen LogP contribution in [0.3, 0.4) is 0 Å². The molecular weight excluding hydrogens is 372 g/mol. The minimum atomic E-state index is -0.107. The van der Waals surface area contributed by atoms with Crippen LogP contribution in [0, 0.1) is 6.92 Å². The normalized spacial score (nSPS) is 15.6. The SMILES string of the molecule is Cc1nc2ccc(Cl)cc2n(Cc2nc(CN3CCOCC3)cs2)c1=O. The second kappa shape index (κ2) is 7.44. The number of morpholine rings is 1. The average Bonchev–Trinajstić information content (AvgIpc) is 3.07. The number of ether oxygens (including phenoxy) is 1. The lowest BCUT2D eigenvalue weighted by Gasteiger charge is -2.25. The second-order valence-electron chi connectivity index (χ2n) is 6.34. The minimum Gasteiger partial charge on any atom is -0.379 e. The van der Waals surface area contributed by atoms with Gasteiger partial charge >= 0.3 is 0 Å². The summed E-state index contributed by atoms with van der Waals surface area (Å²) in [7, 11) is 0. The lowest BCUT2D eigenvalue weighted by atomic mass is 10.2. The number of rotatable bonds is 4. The molecule has 6 nitrogen and oxygen atoms in total. The Bertz CT molecular complexity index is 995. The van der Waals surface area contributed by atoms with Gasteiger partial charge in [0.05, 0.1) is 36.5 Å². The molecule has 0 radical (unpaired) electrons. The van der Waals surface area contributed by atoms with Crippen LogP contribution < -0.4 is 5.56 Å². The summed E-state index contributed by atoms with van der Waals surface area (Å²) in [6.45, 7) is 6.38. The number of halogens is 1. The first kappa shape index (κ1) is 17.6. The van der Waals surface area contributed by atoms with Gasteiger partial charge in [0.1, 0.15) is 10.7 Å².